The number of benzene rings is 1. The summed E-state index contributed by atoms with van der Waals surface area (Å²) in [6.45, 7) is 2.76. The number of para-hydroxylation sites is 1. The van der Waals surface area contributed by atoms with Gasteiger partial charge in [-0.25, -0.2) is 4.39 Å². The molecular formula is C17H24FNO. The molecule has 1 aromatic carbocycles. The van der Waals surface area contributed by atoms with Crippen LogP contribution in [0.1, 0.15) is 50.5 Å². The smallest absolute Gasteiger partial charge is 0.146 e. The third-order valence-electron chi connectivity index (χ3n) is 4.83. The van der Waals surface area contributed by atoms with Crippen molar-refractivity contribution in [3.8, 4) is 0 Å². The summed E-state index contributed by atoms with van der Waals surface area (Å²) in [6, 6.07) is 5.59. The Hall–Kier alpha value is -1.09. The van der Waals surface area contributed by atoms with E-state index in [1.54, 1.807) is 6.07 Å². The van der Waals surface area contributed by atoms with E-state index in [0.717, 1.165) is 25.0 Å². The van der Waals surface area contributed by atoms with Crippen molar-refractivity contribution >= 4 is 5.69 Å². The summed E-state index contributed by atoms with van der Waals surface area (Å²) in [5, 5.41) is 3.43. The lowest BCUT2D eigenvalue weighted by atomic mass is 9.78. The molecule has 20 heavy (non-hydrogen) atoms. The van der Waals surface area contributed by atoms with Gasteiger partial charge in [-0.05, 0) is 44.2 Å². The molecule has 3 rings (SSSR count). The maximum Gasteiger partial charge on any atom is 0.146 e. The standard InChI is InChI=1S/C17H24FNO/c1-13-6-5-7-15(18)16(13)19-14-8-11-20-17(12-14)9-3-2-4-10-17/h5-7,14,19H,2-4,8-12H2,1H3. The maximum atomic E-state index is 13.9. The van der Waals surface area contributed by atoms with E-state index in [-0.39, 0.29) is 11.4 Å². The highest BCUT2D eigenvalue weighted by Crippen LogP contribution is 2.39. The topological polar surface area (TPSA) is 21.3 Å². The number of hydrogen-bond acceptors (Lipinski definition) is 2. The highest BCUT2D eigenvalue weighted by atomic mass is 19.1. The second kappa shape index (κ2) is 5.72. The Morgan fingerprint density at radius 2 is 2.05 bits per heavy atom. The largest absolute Gasteiger partial charge is 0.380 e. The van der Waals surface area contributed by atoms with Crippen molar-refractivity contribution in [2.45, 2.75) is 63.5 Å². The molecule has 1 spiro atoms. The minimum absolute atomic E-state index is 0.0628. The third kappa shape index (κ3) is 2.83. The lowest BCUT2D eigenvalue weighted by Gasteiger charge is -2.44. The van der Waals surface area contributed by atoms with E-state index in [9.17, 15) is 4.39 Å². The van der Waals surface area contributed by atoms with E-state index in [4.69, 9.17) is 4.74 Å². The summed E-state index contributed by atoms with van der Waals surface area (Å²) in [6.07, 6.45) is 8.19. The highest BCUT2D eigenvalue weighted by molar-refractivity contribution is 5.52. The van der Waals surface area contributed by atoms with Gasteiger partial charge in [-0.15, -0.1) is 0 Å². The number of halogens is 1. The van der Waals surface area contributed by atoms with Gasteiger partial charge in [0.2, 0.25) is 0 Å². The van der Waals surface area contributed by atoms with Gasteiger partial charge >= 0.3 is 0 Å². The van der Waals surface area contributed by atoms with Gasteiger partial charge < -0.3 is 10.1 Å². The van der Waals surface area contributed by atoms with Gasteiger partial charge in [-0.3, -0.25) is 0 Å². The molecule has 3 heteroatoms. The Kier molecular flexibility index (Phi) is 3.97. The average Bonchev–Trinajstić information content (AvgIpc) is 2.44. The number of rotatable bonds is 2. The molecule has 1 saturated heterocycles. The van der Waals surface area contributed by atoms with Crippen LogP contribution in [0.5, 0.6) is 0 Å². The first-order chi connectivity index (χ1) is 9.69. The van der Waals surface area contributed by atoms with Crippen LogP contribution in [0.2, 0.25) is 0 Å². The zero-order valence-corrected chi connectivity index (χ0v) is 12.3. The van der Waals surface area contributed by atoms with Gasteiger partial charge in [0.05, 0.1) is 11.3 Å². The molecule has 1 aromatic rings. The predicted octanol–water partition coefficient (Wildman–Crippen LogP) is 4.43. The molecular weight excluding hydrogens is 253 g/mol. The second-order valence-electron chi connectivity index (χ2n) is 6.36. The minimum atomic E-state index is -0.144. The summed E-state index contributed by atoms with van der Waals surface area (Å²) >= 11 is 0. The highest BCUT2D eigenvalue weighted by Gasteiger charge is 2.38. The number of ether oxygens (including phenoxy) is 1. The van der Waals surface area contributed by atoms with Crippen LogP contribution >= 0.6 is 0 Å². The first-order valence-electron chi connectivity index (χ1n) is 7.84. The monoisotopic (exact) mass is 277 g/mol. The molecule has 1 atom stereocenters. The van der Waals surface area contributed by atoms with Gasteiger partial charge in [-0.1, -0.05) is 31.4 Å². The average molecular weight is 277 g/mol. The molecule has 0 radical (unpaired) electrons. The SMILES string of the molecule is Cc1cccc(F)c1NC1CCOC2(CCCCC2)C1. The molecule has 2 aliphatic rings. The molecule has 1 aliphatic carbocycles. The van der Waals surface area contributed by atoms with Crippen molar-refractivity contribution < 1.29 is 9.13 Å². The van der Waals surface area contributed by atoms with Crippen LogP contribution in [0.15, 0.2) is 18.2 Å². The van der Waals surface area contributed by atoms with Gasteiger partial charge in [0, 0.05) is 12.6 Å². The molecule has 1 aliphatic heterocycles. The van der Waals surface area contributed by atoms with Crippen molar-refractivity contribution in [1.82, 2.24) is 0 Å². The summed E-state index contributed by atoms with van der Waals surface area (Å²) < 4.78 is 20.0. The first kappa shape index (κ1) is 13.9. The number of aryl methyl sites for hydroxylation is 1. The number of anilines is 1. The van der Waals surface area contributed by atoms with Crippen LogP contribution in [-0.4, -0.2) is 18.2 Å². The van der Waals surface area contributed by atoms with Crippen LogP contribution in [0, 0.1) is 12.7 Å². The number of hydrogen-bond donors (Lipinski definition) is 1. The van der Waals surface area contributed by atoms with Crippen LogP contribution in [0.4, 0.5) is 10.1 Å². The molecule has 1 N–H and O–H groups in total. The number of nitrogens with one attached hydrogen (secondary N) is 1. The Morgan fingerprint density at radius 3 is 2.80 bits per heavy atom. The van der Waals surface area contributed by atoms with Crippen molar-refractivity contribution in [2.24, 2.45) is 0 Å². The van der Waals surface area contributed by atoms with Crippen molar-refractivity contribution in [1.29, 1.82) is 0 Å². The van der Waals surface area contributed by atoms with Gasteiger partial charge in [-0.2, -0.15) is 0 Å². The molecule has 2 nitrogen and oxygen atoms in total. The fraction of sp³-hybridized carbons (Fsp3) is 0.647. The lowest BCUT2D eigenvalue weighted by molar-refractivity contribution is -0.103. The molecule has 2 fully saturated rings. The maximum absolute atomic E-state index is 13.9. The fourth-order valence-electron chi connectivity index (χ4n) is 3.71. The van der Waals surface area contributed by atoms with E-state index in [2.05, 4.69) is 5.32 Å². The Bertz CT molecular complexity index is 442. The molecule has 0 bridgehead atoms. The quantitative estimate of drug-likeness (QED) is 0.863. The lowest BCUT2D eigenvalue weighted by Crippen LogP contribution is -2.45. The predicted molar refractivity (Wildman–Crippen MR) is 79.5 cm³/mol. The molecule has 1 unspecified atom stereocenters. The van der Waals surface area contributed by atoms with Crippen LogP contribution in [0.3, 0.4) is 0 Å². The molecule has 0 amide bonds. The van der Waals surface area contributed by atoms with Crippen LogP contribution < -0.4 is 5.32 Å². The van der Waals surface area contributed by atoms with Crippen molar-refractivity contribution in [3.05, 3.63) is 29.6 Å². The summed E-state index contributed by atoms with van der Waals surface area (Å²) in [5.74, 6) is -0.144. The summed E-state index contributed by atoms with van der Waals surface area (Å²) in [5.41, 5.74) is 1.72. The van der Waals surface area contributed by atoms with Crippen LogP contribution in [-0.2, 0) is 4.74 Å². The van der Waals surface area contributed by atoms with Gasteiger partial charge in [0.25, 0.3) is 0 Å². The zero-order valence-electron chi connectivity index (χ0n) is 12.3. The summed E-state index contributed by atoms with van der Waals surface area (Å²) in [4.78, 5) is 0. The molecule has 1 heterocycles. The first-order valence-corrected chi connectivity index (χ1v) is 7.84. The Morgan fingerprint density at radius 1 is 1.25 bits per heavy atom. The molecule has 110 valence electrons. The van der Waals surface area contributed by atoms with E-state index in [1.165, 1.54) is 38.2 Å². The van der Waals surface area contributed by atoms with Gasteiger partial charge in [0.1, 0.15) is 5.82 Å². The van der Waals surface area contributed by atoms with E-state index in [0.29, 0.717) is 11.7 Å². The molecule has 1 saturated carbocycles. The van der Waals surface area contributed by atoms with Crippen molar-refractivity contribution in [3.63, 3.8) is 0 Å². The Labute approximate surface area is 120 Å². The minimum Gasteiger partial charge on any atom is -0.380 e. The Balaban J connectivity index is 1.71. The van der Waals surface area contributed by atoms with E-state index < -0.39 is 0 Å². The van der Waals surface area contributed by atoms with Crippen molar-refractivity contribution in [2.75, 3.05) is 11.9 Å². The van der Waals surface area contributed by atoms with E-state index in [1.807, 2.05) is 13.0 Å². The van der Waals surface area contributed by atoms with Gasteiger partial charge in [0.15, 0.2) is 0 Å². The zero-order chi connectivity index (χ0) is 14.0. The van der Waals surface area contributed by atoms with E-state index >= 15 is 0 Å². The summed E-state index contributed by atoms with van der Waals surface area (Å²) in [7, 11) is 0. The fourth-order valence-corrected chi connectivity index (χ4v) is 3.71. The third-order valence-corrected chi connectivity index (χ3v) is 4.83. The molecule has 0 aromatic heterocycles. The normalized spacial score (nSPS) is 25.6. The second-order valence-corrected chi connectivity index (χ2v) is 6.36. The van der Waals surface area contributed by atoms with Crippen LogP contribution in [0.25, 0.3) is 0 Å².